The van der Waals surface area contributed by atoms with Crippen LogP contribution in [0.15, 0.2) is 73.1 Å². The highest BCUT2D eigenvalue weighted by molar-refractivity contribution is 6.09. The molecular weight excluding hydrogens is 456 g/mol. The van der Waals surface area contributed by atoms with Gasteiger partial charge in [-0.2, -0.15) is 5.10 Å². The molecule has 2 N–H and O–H groups in total. The van der Waals surface area contributed by atoms with Gasteiger partial charge in [0.2, 0.25) is 0 Å². The number of hydrogen-bond donors (Lipinski definition) is 2. The van der Waals surface area contributed by atoms with Crippen molar-refractivity contribution in [3.05, 3.63) is 101 Å². The first kappa shape index (κ1) is 23.3. The number of hydrogen-bond acceptors (Lipinski definition) is 4. The summed E-state index contributed by atoms with van der Waals surface area (Å²) in [5.74, 6) is -1.07. The highest BCUT2D eigenvalue weighted by Crippen LogP contribution is 2.30. The number of aromatic carboxylic acids is 1. The number of anilines is 1. The molecule has 0 aliphatic carbocycles. The van der Waals surface area contributed by atoms with Crippen molar-refractivity contribution in [1.29, 1.82) is 0 Å². The quantitative estimate of drug-likeness (QED) is 0.432. The van der Waals surface area contributed by atoms with E-state index in [0.717, 1.165) is 18.4 Å². The lowest BCUT2D eigenvalue weighted by atomic mass is 9.89. The number of carboxylic acid groups (broad SMARTS) is 1. The van der Waals surface area contributed by atoms with E-state index in [1.807, 2.05) is 53.6 Å². The normalized spacial score (nSPS) is 14.1. The number of carboxylic acids is 1. The number of aromatic nitrogens is 2. The van der Waals surface area contributed by atoms with Crippen molar-refractivity contribution in [2.24, 2.45) is 0 Å². The van der Waals surface area contributed by atoms with Gasteiger partial charge in [-0.05, 0) is 73.2 Å². The minimum absolute atomic E-state index is 0.0569. The van der Waals surface area contributed by atoms with Crippen LogP contribution in [0.2, 0.25) is 0 Å². The van der Waals surface area contributed by atoms with E-state index in [1.54, 1.807) is 23.6 Å². The minimum atomic E-state index is -1.04. The van der Waals surface area contributed by atoms with Crippen LogP contribution in [-0.4, -0.2) is 50.5 Å². The Morgan fingerprint density at radius 1 is 0.972 bits per heavy atom. The topological polar surface area (TPSA) is 104 Å². The molecule has 2 aromatic carbocycles. The van der Waals surface area contributed by atoms with Crippen LogP contribution in [0.1, 0.15) is 61.0 Å². The van der Waals surface area contributed by atoms with E-state index < -0.39 is 5.97 Å². The molecule has 0 unspecified atom stereocenters. The molecule has 8 heteroatoms. The van der Waals surface area contributed by atoms with Gasteiger partial charge in [0.15, 0.2) is 0 Å². The Hall–Kier alpha value is -4.46. The first-order valence-corrected chi connectivity index (χ1v) is 11.9. The van der Waals surface area contributed by atoms with Gasteiger partial charge in [-0.15, -0.1) is 0 Å². The number of piperidine rings is 1. The maximum Gasteiger partial charge on any atom is 0.336 e. The van der Waals surface area contributed by atoms with E-state index in [0.29, 0.717) is 41.0 Å². The molecule has 2 aromatic heterocycles. The largest absolute Gasteiger partial charge is 0.478 e. The molecule has 1 aliphatic rings. The van der Waals surface area contributed by atoms with Crippen LogP contribution in [0.4, 0.5) is 5.69 Å². The highest BCUT2D eigenvalue weighted by Gasteiger charge is 2.25. The number of amides is 2. The predicted octanol–water partition coefficient (Wildman–Crippen LogP) is 4.61. The van der Waals surface area contributed by atoms with E-state index in [4.69, 9.17) is 0 Å². The number of carbonyl (C=O) groups excluding carboxylic acids is 2. The Morgan fingerprint density at radius 3 is 2.44 bits per heavy atom. The number of nitrogens with one attached hydrogen (secondary N) is 1. The van der Waals surface area contributed by atoms with Crippen LogP contribution in [-0.2, 0) is 0 Å². The standard InChI is InChI=1S/C28H26N4O4/c1-18-7-8-22(16-23(18)28(35)36)30-26(33)24-17-29-32-14-11-21(15-25(24)32)19-9-12-31(13-10-19)27(34)20-5-3-2-4-6-20/h2-8,11,14-17,19H,9-10,12-13H2,1H3,(H,30,33)(H,35,36). The summed E-state index contributed by atoms with van der Waals surface area (Å²) in [5.41, 5.74) is 4.08. The van der Waals surface area contributed by atoms with E-state index in [9.17, 15) is 19.5 Å². The summed E-state index contributed by atoms with van der Waals surface area (Å²) in [6.07, 6.45) is 5.04. The van der Waals surface area contributed by atoms with Crippen LogP contribution in [0.5, 0.6) is 0 Å². The number of rotatable bonds is 5. The maximum atomic E-state index is 13.0. The highest BCUT2D eigenvalue weighted by atomic mass is 16.4. The Morgan fingerprint density at radius 2 is 1.72 bits per heavy atom. The van der Waals surface area contributed by atoms with Crippen LogP contribution in [0.25, 0.3) is 5.52 Å². The fourth-order valence-electron chi connectivity index (χ4n) is 4.73. The number of carbonyl (C=O) groups is 3. The third-order valence-electron chi connectivity index (χ3n) is 6.79. The van der Waals surface area contributed by atoms with Crippen LogP contribution in [0.3, 0.4) is 0 Å². The second-order valence-electron chi connectivity index (χ2n) is 9.07. The first-order chi connectivity index (χ1) is 17.4. The summed E-state index contributed by atoms with van der Waals surface area (Å²) in [6, 6.07) is 18.1. The monoisotopic (exact) mass is 482 g/mol. The number of aryl methyl sites for hydroxylation is 1. The summed E-state index contributed by atoms with van der Waals surface area (Å²) < 4.78 is 1.66. The summed E-state index contributed by atoms with van der Waals surface area (Å²) >= 11 is 0. The van der Waals surface area contributed by atoms with E-state index in [-0.39, 0.29) is 23.3 Å². The zero-order chi connectivity index (χ0) is 25.2. The number of fused-ring (bicyclic) bond motifs is 1. The molecule has 8 nitrogen and oxygen atoms in total. The Kier molecular flexibility index (Phi) is 6.25. The summed E-state index contributed by atoms with van der Waals surface area (Å²) in [5, 5.41) is 16.5. The summed E-state index contributed by atoms with van der Waals surface area (Å²) in [6.45, 7) is 3.06. The van der Waals surface area contributed by atoms with Gasteiger partial charge in [0, 0.05) is 30.5 Å². The van der Waals surface area contributed by atoms with Gasteiger partial charge in [0.05, 0.1) is 22.8 Å². The third kappa shape index (κ3) is 4.57. The van der Waals surface area contributed by atoms with Gasteiger partial charge in [0.1, 0.15) is 0 Å². The Bertz CT molecular complexity index is 1450. The average Bonchev–Trinajstić information content (AvgIpc) is 3.33. The van der Waals surface area contributed by atoms with Gasteiger partial charge in [-0.25, -0.2) is 9.31 Å². The van der Waals surface area contributed by atoms with Gasteiger partial charge in [-0.3, -0.25) is 9.59 Å². The predicted molar refractivity (Wildman–Crippen MR) is 136 cm³/mol. The van der Waals surface area contributed by atoms with Crippen molar-refractivity contribution in [2.75, 3.05) is 18.4 Å². The molecule has 0 atom stereocenters. The lowest BCUT2D eigenvalue weighted by molar-refractivity contribution is 0.0692. The molecule has 1 fully saturated rings. The summed E-state index contributed by atoms with van der Waals surface area (Å²) in [4.78, 5) is 39.1. The molecule has 0 spiro atoms. The molecule has 3 heterocycles. The molecule has 36 heavy (non-hydrogen) atoms. The second kappa shape index (κ2) is 9.65. The lowest BCUT2D eigenvalue weighted by Crippen LogP contribution is -2.37. The average molecular weight is 483 g/mol. The molecule has 4 aromatic rings. The Labute approximate surface area is 208 Å². The van der Waals surface area contributed by atoms with Crippen LogP contribution in [0, 0.1) is 6.92 Å². The van der Waals surface area contributed by atoms with Gasteiger partial charge < -0.3 is 15.3 Å². The smallest absolute Gasteiger partial charge is 0.336 e. The van der Waals surface area contributed by atoms with Crippen molar-refractivity contribution in [2.45, 2.75) is 25.7 Å². The number of likely N-dealkylation sites (tertiary alicyclic amines) is 1. The molecule has 1 saturated heterocycles. The van der Waals surface area contributed by atoms with Crippen molar-refractivity contribution in [3.8, 4) is 0 Å². The van der Waals surface area contributed by atoms with Gasteiger partial charge in [-0.1, -0.05) is 24.3 Å². The van der Waals surface area contributed by atoms with E-state index in [2.05, 4.69) is 10.4 Å². The Balaban J connectivity index is 1.31. The van der Waals surface area contributed by atoms with Crippen molar-refractivity contribution < 1.29 is 19.5 Å². The second-order valence-corrected chi connectivity index (χ2v) is 9.07. The molecule has 0 bridgehead atoms. The SMILES string of the molecule is Cc1ccc(NC(=O)c2cnn3ccc(C4CCN(C(=O)c5ccccc5)CC4)cc23)cc1C(=O)O. The molecule has 2 amide bonds. The lowest BCUT2D eigenvalue weighted by Gasteiger charge is -2.32. The fourth-order valence-corrected chi connectivity index (χ4v) is 4.73. The first-order valence-electron chi connectivity index (χ1n) is 11.9. The van der Waals surface area contributed by atoms with Gasteiger partial charge >= 0.3 is 5.97 Å². The maximum absolute atomic E-state index is 13.0. The summed E-state index contributed by atoms with van der Waals surface area (Å²) in [7, 11) is 0. The number of benzene rings is 2. The molecule has 1 aliphatic heterocycles. The molecule has 0 radical (unpaired) electrons. The zero-order valence-corrected chi connectivity index (χ0v) is 19.8. The number of pyridine rings is 1. The zero-order valence-electron chi connectivity index (χ0n) is 19.8. The fraction of sp³-hybridized carbons (Fsp3) is 0.214. The van der Waals surface area contributed by atoms with E-state index >= 15 is 0 Å². The molecular formula is C28H26N4O4. The van der Waals surface area contributed by atoms with Gasteiger partial charge in [0.25, 0.3) is 11.8 Å². The van der Waals surface area contributed by atoms with Crippen LogP contribution >= 0.6 is 0 Å². The third-order valence-corrected chi connectivity index (χ3v) is 6.79. The van der Waals surface area contributed by atoms with E-state index in [1.165, 1.54) is 12.3 Å². The molecule has 5 rings (SSSR count). The van der Waals surface area contributed by atoms with Crippen LogP contribution < -0.4 is 5.32 Å². The molecule has 182 valence electrons. The minimum Gasteiger partial charge on any atom is -0.478 e. The molecule has 0 saturated carbocycles. The van der Waals surface area contributed by atoms with Crippen molar-refractivity contribution >= 4 is 29.0 Å². The van der Waals surface area contributed by atoms with Crippen molar-refractivity contribution in [3.63, 3.8) is 0 Å². The number of nitrogens with zero attached hydrogens (tertiary/aromatic N) is 3. The van der Waals surface area contributed by atoms with Crippen molar-refractivity contribution in [1.82, 2.24) is 14.5 Å².